The molecule has 0 aromatic heterocycles. The Labute approximate surface area is 218 Å². The van der Waals surface area contributed by atoms with Crippen molar-refractivity contribution in [3.05, 3.63) is 125 Å². The van der Waals surface area contributed by atoms with Crippen LogP contribution in [0.1, 0.15) is 35.3 Å². The number of rotatable bonds is 12. The minimum Gasteiger partial charge on any atom is -0.496 e. The van der Waals surface area contributed by atoms with E-state index in [9.17, 15) is 5.11 Å². The molecule has 1 unspecified atom stereocenters. The molecule has 5 heteroatoms. The van der Waals surface area contributed by atoms with Crippen LogP contribution in [-0.2, 0) is 13.2 Å². The van der Waals surface area contributed by atoms with E-state index < -0.39 is 6.10 Å². The Morgan fingerprint density at radius 3 is 1.95 bits per heavy atom. The maximum Gasteiger partial charge on any atom is 0.129 e. The first-order valence-electron chi connectivity index (χ1n) is 12.3. The molecule has 0 fully saturated rings. The number of methoxy groups -OCH3 is 1. The van der Waals surface area contributed by atoms with E-state index in [1.807, 2.05) is 110 Å². The van der Waals surface area contributed by atoms with Crippen molar-refractivity contribution in [1.82, 2.24) is 0 Å². The largest absolute Gasteiger partial charge is 0.496 e. The van der Waals surface area contributed by atoms with Crippen molar-refractivity contribution in [3.8, 4) is 23.0 Å². The van der Waals surface area contributed by atoms with Gasteiger partial charge in [0.1, 0.15) is 42.3 Å². The SMILES string of the molecule is CCOc1ccc(C(O)C=Cc2ccc(OCc3ccccc3)cc2OC)c(OCc2ccccc2)c1. The lowest BCUT2D eigenvalue weighted by atomic mass is 10.1. The monoisotopic (exact) mass is 496 g/mol. The third-order valence-corrected chi connectivity index (χ3v) is 5.76. The smallest absolute Gasteiger partial charge is 0.129 e. The maximum absolute atomic E-state index is 11.0. The van der Waals surface area contributed by atoms with Gasteiger partial charge in [-0.15, -0.1) is 0 Å². The molecule has 0 saturated heterocycles. The van der Waals surface area contributed by atoms with Crippen molar-refractivity contribution >= 4 is 6.08 Å². The molecule has 1 atom stereocenters. The van der Waals surface area contributed by atoms with Crippen LogP contribution in [0, 0.1) is 0 Å². The quantitative estimate of drug-likeness (QED) is 0.229. The van der Waals surface area contributed by atoms with Crippen LogP contribution in [0.4, 0.5) is 0 Å². The molecule has 0 heterocycles. The fourth-order valence-corrected chi connectivity index (χ4v) is 3.83. The molecule has 4 rings (SSSR count). The van der Waals surface area contributed by atoms with E-state index in [1.165, 1.54) is 0 Å². The van der Waals surface area contributed by atoms with Crippen molar-refractivity contribution in [2.24, 2.45) is 0 Å². The molecule has 190 valence electrons. The number of hydrogen-bond acceptors (Lipinski definition) is 5. The van der Waals surface area contributed by atoms with Crippen LogP contribution in [-0.4, -0.2) is 18.8 Å². The Bertz CT molecular complexity index is 1290. The summed E-state index contributed by atoms with van der Waals surface area (Å²) in [6.07, 6.45) is 2.66. The summed E-state index contributed by atoms with van der Waals surface area (Å²) in [5, 5.41) is 11.0. The Morgan fingerprint density at radius 1 is 0.703 bits per heavy atom. The van der Waals surface area contributed by atoms with Gasteiger partial charge in [0, 0.05) is 23.3 Å². The molecule has 0 amide bonds. The van der Waals surface area contributed by atoms with E-state index >= 15 is 0 Å². The highest BCUT2D eigenvalue weighted by Gasteiger charge is 2.14. The molecule has 0 bridgehead atoms. The lowest BCUT2D eigenvalue weighted by Gasteiger charge is -2.16. The number of hydrogen-bond donors (Lipinski definition) is 1. The molecule has 0 saturated carbocycles. The van der Waals surface area contributed by atoms with Crippen LogP contribution < -0.4 is 18.9 Å². The summed E-state index contributed by atoms with van der Waals surface area (Å²) in [5.74, 6) is 2.63. The summed E-state index contributed by atoms with van der Waals surface area (Å²) in [4.78, 5) is 0. The maximum atomic E-state index is 11.0. The zero-order valence-corrected chi connectivity index (χ0v) is 21.2. The molecule has 4 aromatic carbocycles. The van der Waals surface area contributed by atoms with Gasteiger partial charge < -0.3 is 24.1 Å². The zero-order valence-electron chi connectivity index (χ0n) is 21.2. The third-order valence-electron chi connectivity index (χ3n) is 5.76. The van der Waals surface area contributed by atoms with Crippen molar-refractivity contribution in [3.63, 3.8) is 0 Å². The highest BCUT2D eigenvalue weighted by Crippen LogP contribution is 2.33. The van der Waals surface area contributed by atoms with Gasteiger partial charge in [0.15, 0.2) is 0 Å². The second kappa shape index (κ2) is 13.2. The Kier molecular flexibility index (Phi) is 9.22. The molecule has 0 aliphatic carbocycles. The second-order valence-corrected chi connectivity index (χ2v) is 8.39. The van der Waals surface area contributed by atoms with Gasteiger partial charge in [-0.1, -0.05) is 72.8 Å². The average molecular weight is 497 g/mol. The highest BCUT2D eigenvalue weighted by atomic mass is 16.5. The minimum absolute atomic E-state index is 0.387. The average Bonchev–Trinajstić information content (AvgIpc) is 2.95. The second-order valence-electron chi connectivity index (χ2n) is 8.39. The molecule has 0 spiro atoms. The predicted molar refractivity (Wildman–Crippen MR) is 146 cm³/mol. The summed E-state index contributed by atoms with van der Waals surface area (Å²) < 4.78 is 23.2. The standard InChI is InChI=1S/C32H32O5/c1-3-35-27-17-18-29(32(21-27)37-23-25-12-8-5-9-13-25)30(33)19-15-26-14-16-28(20-31(26)34-2)36-22-24-10-6-4-7-11-24/h4-21,30,33H,3,22-23H2,1-2H3. The molecular weight excluding hydrogens is 464 g/mol. The summed E-state index contributed by atoms with van der Waals surface area (Å²) in [6.45, 7) is 3.34. The molecule has 0 radical (unpaired) electrons. The lowest BCUT2D eigenvalue weighted by Crippen LogP contribution is -2.03. The summed E-state index contributed by atoms with van der Waals surface area (Å²) in [6, 6.07) is 31.0. The van der Waals surface area contributed by atoms with E-state index in [1.54, 1.807) is 13.2 Å². The first kappa shape index (κ1) is 25.9. The number of aliphatic hydroxyl groups excluding tert-OH is 1. The normalized spacial score (nSPS) is 11.8. The fourth-order valence-electron chi connectivity index (χ4n) is 3.83. The van der Waals surface area contributed by atoms with E-state index in [-0.39, 0.29) is 0 Å². The van der Waals surface area contributed by atoms with Crippen molar-refractivity contribution in [2.45, 2.75) is 26.2 Å². The lowest BCUT2D eigenvalue weighted by molar-refractivity contribution is 0.216. The molecule has 5 nitrogen and oxygen atoms in total. The van der Waals surface area contributed by atoms with Gasteiger partial charge in [0.25, 0.3) is 0 Å². The Balaban J connectivity index is 1.49. The molecule has 4 aromatic rings. The van der Waals surface area contributed by atoms with Crippen molar-refractivity contribution in [2.75, 3.05) is 13.7 Å². The van der Waals surface area contributed by atoms with Crippen LogP contribution in [0.25, 0.3) is 6.08 Å². The van der Waals surface area contributed by atoms with Crippen molar-refractivity contribution < 1.29 is 24.1 Å². The third kappa shape index (κ3) is 7.38. The molecule has 37 heavy (non-hydrogen) atoms. The van der Waals surface area contributed by atoms with Crippen LogP contribution in [0.15, 0.2) is 103 Å². The molecule has 0 aliphatic rings. The van der Waals surface area contributed by atoms with E-state index in [4.69, 9.17) is 18.9 Å². The molecular formula is C32H32O5. The van der Waals surface area contributed by atoms with Gasteiger partial charge in [0.05, 0.1) is 13.7 Å². The van der Waals surface area contributed by atoms with Crippen molar-refractivity contribution in [1.29, 1.82) is 0 Å². The van der Waals surface area contributed by atoms with E-state index in [0.29, 0.717) is 48.4 Å². The van der Waals surface area contributed by atoms with Gasteiger partial charge in [0.2, 0.25) is 0 Å². The van der Waals surface area contributed by atoms with E-state index in [2.05, 4.69) is 0 Å². The predicted octanol–water partition coefficient (Wildman–Crippen LogP) is 7.00. The number of aliphatic hydroxyl groups is 1. The van der Waals surface area contributed by atoms with Crippen LogP contribution in [0.2, 0.25) is 0 Å². The Morgan fingerprint density at radius 2 is 1.30 bits per heavy atom. The van der Waals surface area contributed by atoms with Crippen LogP contribution in [0.3, 0.4) is 0 Å². The molecule has 1 N–H and O–H groups in total. The van der Waals surface area contributed by atoms with Crippen LogP contribution in [0.5, 0.6) is 23.0 Å². The number of benzene rings is 4. The Hall–Kier alpha value is -4.22. The van der Waals surface area contributed by atoms with Gasteiger partial charge in [-0.3, -0.25) is 0 Å². The van der Waals surface area contributed by atoms with Crippen LogP contribution >= 0.6 is 0 Å². The number of ether oxygens (including phenoxy) is 4. The van der Waals surface area contributed by atoms with E-state index in [0.717, 1.165) is 16.7 Å². The molecule has 0 aliphatic heterocycles. The topological polar surface area (TPSA) is 57.2 Å². The van der Waals surface area contributed by atoms with Gasteiger partial charge in [-0.2, -0.15) is 0 Å². The minimum atomic E-state index is -0.889. The van der Waals surface area contributed by atoms with Gasteiger partial charge >= 0.3 is 0 Å². The fraction of sp³-hybridized carbons (Fsp3) is 0.188. The summed E-state index contributed by atoms with van der Waals surface area (Å²) in [5.41, 5.74) is 3.61. The summed E-state index contributed by atoms with van der Waals surface area (Å²) in [7, 11) is 1.62. The van der Waals surface area contributed by atoms with Gasteiger partial charge in [-0.25, -0.2) is 0 Å². The highest BCUT2D eigenvalue weighted by molar-refractivity contribution is 5.60. The van der Waals surface area contributed by atoms with Gasteiger partial charge in [-0.05, 0) is 42.3 Å². The zero-order chi connectivity index (χ0) is 25.9. The summed E-state index contributed by atoms with van der Waals surface area (Å²) >= 11 is 0. The first-order valence-corrected chi connectivity index (χ1v) is 12.3. The first-order chi connectivity index (χ1) is 18.2.